The van der Waals surface area contributed by atoms with Crippen molar-refractivity contribution >= 4 is 29.9 Å². The molecule has 0 amide bonds. The molecule has 0 bridgehead atoms. The number of hydrogen-bond acceptors (Lipinski definition) is 3. The number of aliphatic imine (C=N–C) groups is 1. The summed E-state index contributed by atoms with van der Waals surface area (Å²) in [5, 5.41) is 6.83. The number of nitrogens with one attached hydrogen (secondary N) is 2. The topological polar surface area (TPSA) is 48.9 Å². The van der Waals surface area contributed by atoms with Crippen LogP contribution in [0.3, 0.4) is 0 Å². The normalized spacial score (nSPS) is 16.8. The molecule has 2 rings (SSSR count). The highest BCUT2D eigenvalue weighted by atomic mass is 127. The Bertz CT molecular complexity index is 633. The zero-order chi connectivity index (χ0) is 19.6. The van der Waals surface area contributed by atoms with Crippen LogP contribution in [0.2, 0.25) is 0 Å². The minimum absolute atomic E-state index is 0. The zero-order valence-corrected chi connectivity index (χ0v) is 19.5. The predicted octanol–water partition coefficient (Wildman–Crippen LogP) is 3.81. The largest absolute Gasteiger partial charge is 0.489 e. The van der Waals surface area contributed by atoms with E-state index < -0.39 is 0 Å². The van der Waals surface area contributed by atoms with Crippen molar-refractivity contribution in [2.45, 2.75) is 45.8 Å². The molecular weight excluding hydrogens is 470 g/mol. The lowest BCUT2D eigenvalue weighted by Gasteiger charge is -2.33. The number of halogens is 2. The Labute approximate surface area is 185 Å². The lowest BCUT2D eigenvalue weighted by molar-refractivity contribution is 0.219. The molecule has 0 radical (unpaired) electrons. The summed E-state index contributed by atoms with van der Waals surface area (Å²) in [5.74, 6) is 1.04. The van der Waals surface area contributed by atoms with Crippen LogP contribution in [0.5, 0.6) is 5.75 Å². The average molecular weight is 504 g/mol. The quantitative estimate of drug-likeness (QED) is 0.245. The molecule has 1 atom stereocenters. The van der Waals surface area contributed by atoms with Gasteiger partial charge in [-0.05, 0) is 45.7 Å². The van der Waals surface area contributed by atoms with Gasteiger partial charge in [-0.25, -0.2) is 9.38 Å². The maximum absolute atomic E-state index is 13.3. The van der Waals surface area contributed by atoms with Crippen LogP contribution in [0.4, 0.5) is 4.39 Å². The Morgan fingerprint density at radius 2 is 2.11 bits per heavy atom. The van der Waals surface area contributed by atoms with Gasteiger partial charge in [0.05, 0.1) is 6.54 Å². The van der Waals surface area contributed by atoms with Gasteiger partial charge in [0, 0.05) is 38.3 Å². The molecule has 1 saturated heterocycles. The Morgan fingerprint density at radius 3 is 2.71 bits per heavy atom. The summed E-state index contributed by atoms with van der Waals surface area (Å²) < 4.78 is 19.0. The average Bonchev–Trinajstić information content (AvgIpc) is 2.61. The molecule has 0 spiro atoms. The van der Waals surface area contributed by atoms with E-state index in [0.29, 0.717) is 18.3 Å². The van der Waals surface area contributed by atoms with Gasteiger partial charge in [0.1, 0.15) is 17.7 Å². The predicted molar refractivity (Wildman–Crippen MR) is 125 cm³/mol. The van der Waals surface area contributed by atoms with E-state index in [1.807, 2.05) is 6.92 Å². The molecule has 158 valence electrons. The van der Waals surface area contributed by atoms with Crippen LogP contribution in [0.15, 0.2) is 41.4 Å². The number of guanidine groups is 1. The van der Waals surface area contributed by atoms with Crippen LogP contribution < -0.4 is 15.4 Å². The fourth-order valence-corrected chi connectivity index (χ4v) is 3.16. The molecule has 1 aliphatic rings. The summed E-state index contributed by atoms with van der Waals surface area (Å²) in [4.78, 5) is 7.09. The fraction of sp³-hybridized carbons (Fsp3) is 0.571. The summed E-state index contributed by atoms with van der Waals surface area (Å²) in [6, 6.07) is 6.62. The molecule has 0 aliphatic carbocycles. The second-order valence-corrected chi connectivity index (χ2v) is 7.26. The smallest absolute Gasteiger partial charge is 0.191 e. The van der Waals surface area contributed by atoms with Crippen LogP contribution in [0.25, 0.3) is 0 Å². The van der Waals surface area contributed by atoms with Crippen molar-refractivity contribution in [3.8, 4) is 5.75 Å². The first-order valence-electron chi connectivity index (χ1n) is 9.80. The second kappa shape index (κ2) is 13.0. The van der Waals surface area contributed by atoms with Crippen LogP contribution in [0.1, 0.15) is 33.6 Å². The molecule has 1 heterocycles. The molecule has 1 fully saturated rings. The van der Waals surface area contributed by atoms with Gasteiger partial charge >= 0.3 is 0 Å². The van der Waals surface area contributed by atoms with Gasteiger partial charge in [-0.2, -0.15) is 0 Å². The van der Waals surface area contributed by atoms with E-state index in [4.69, 9.17) is 4.74 Å². The molecule has 28 heavy (non-hydrogen) atoms. The first kappa shape index (κ1) is 24.7. The summed E-state index contributed by atoms with van der Waals surface area (Å²) in [7, 11) is 0. The highest BCUT2D eigenvalue weighted by Gasteiger charge is 2.19. The molecule has 1 aromatic carbocycles. The molecular formula is C21H34FIN4O. The van der Waals surface area contributed by atoms with Gasteiger partial charge in [-0.3, -0.25) is 4.90 Å². The van der Waals surface area contributed by atoms with E-state index in [1.54, 1.807) is 12.1 Å². The standard InChI is InChI=1S/C21H33FN4O.HI/c1-5-23-21(25-19-9-11-26(12-10-19)15-16(2)3)24-14-17(4)27-20-8-6-7-18(22)13-20;/h6-8,13,17,19H,2,5,9-12,14-15H2,1,3-4H3,(H2,23,24,25);1H. The fourth-order valence-electron chi connectivity index (χ4n) is 3.16. The Hall–Kier alpha value is -1.35. The highest BCUT2D eigenvalue weighted by molar-refractivity contribution is 14.0. The van der Waals surface area contributed by atoms with Crippen molar-refractivity contribution in [1.82, 2.24) is 15.5 Å². The van der Waals surface area contributed by atoms with Crippen molar-refractivity contribution in [2.75, 3.05) is 32.7 Å². The highest BCUT2D eigenvalue weighted by Crippen LogP contribution is 2.14. The number of likely N-dealkylation sites (tertiary alicyclic amines) is 1. The second-order valence-electron chi connectivity index (χ2n) is 7.26. The maximum Gasteiger partial charge on any atom is 0.191 e. The number of rotatable bonds is 8. The van der Waals surface area contributed by atoms with Crippen molar-refractivity contribution in [3.05, 3.63) is 42.2 Å². The Balaban J connectivity index is 0.00000392. The third-order valence-electron chi connectivity index (χ3n) is 4.41. The molecule has 1 unspecified atom stereocenters. The van der Waals surface area contributed by atoms with Crippen molar-refractivity contribution < 1.29 is 9.13 Å². The van der Waals surface area contributed by atoms with Crippen molar-refractivity contribution in [3.63, 3.8) is 0 Å². The van der Waals surface area contributed by atoms with Gasteiger partial charge < -0.3 is 15.4 Å². The van der Waals surface area contributed by atoms with Crippen molar-refractivity contribution in [1.29, 1.82) is 0 Å². The van der Waals surface area contributed by atoms with E-state index in [9.17, 15) is 4.39 Å². The van der Waals surface area contributed by atoms with E-state index in [-0.39, 0.29) is 35.9 Å². The summed E-state index contributed by atoms with van der Waals surface area (Å²) >= 11 is 0. The number of ether oxygens (including phenoxy) is 1. The molecule has 2 N–H and O–H groups in total. The van der Waals surface area contributed by atoms with Crippen LogP contribution in [-0.4, -0.2) is 55.7 Å². The number of benzene rings is 1. The Morgan fingerprint density at radius 1 is 1.39 bits per heavy atom. The minimum atomic E-state index is -0.295. The molecule has 7 heteroatoms. The van der Waals surface area contributed by atoms with Crippen LogP contribution in [0, 0.1) is 5.82 Å². The van der Waals surface area contributed by atoms with Crippen molar-refractivity contribution in [2.24, 2.45) is 4.99 Å². The first-order valence-corrected chi connectivity index (χ1v) is 9.80. The van der Waals surface area contributed by atoms with E-state index >= 15 is 0 Å². The zero-order valence-electron chi connectivity index (χ0n) is 17.2. The van der Waals surface area contributed by atoms with E-state index in [0.717, 1.165) is 45.0 Å². The minimum Gasteiger partial charge on any atom is -0.489 e. The molecule has 5 nitrogen and oxygen atoms in total. The van der Waals surface area contributed by atoms with E-state index in [1.165, 1.54) is 17.7 Å². The number of piperidine rings is 1. The lowest BCUT2D eigenvalue weighted by Crippen LogP contribution is -2.49. The van der Waals surface area contributed by atoms with Crippen LogP contribution >= 0.6 is 24.0 Å². The Kier molecular flexibility index (Phi) is 11.4. The first-order chi connectivity index (χ1) is 13.0. The number of nitrogens with zero attached hydrogens (tertiary/aromatic N) is 2. The third-order valence-corrected chi connectivity index (χ3v) is 4.41. The third kappa shape index (κ3) is 9.23. The van der Waals surface area contributed by atoms with Gasteiger partial charge in [0.2, 0.25) is 0 Å². The number of hydrogen-bond donors (Lipinski definition) is 2. The van der Waals surface area contributed by atoms with Gasteiger partial charge in [-0.1, -0.05) is 18.2 Å². The SMILES string of the molecule is C=C(C)CN1CCC(NC(=NCC(C)Oc2cccc(F)c2)NCC)CC1.I. The maximum atomic E-state index is 13.3. The molecule has 0 saturated carbocycles. The monoisotopic (exact) mass is 504 g/mol. The van der Waals surface area contributed by atoms with Gasteiger partial charge in [0.15, 0.2) is 5.96 Å². The van der Waals surface area contributed by atoms with Gasteiger partial charge in [0.25, 0.3) is 0 Å². The molecule has 0 aromatic heterocycles. The van der Waals surface area contributed by atoms with Gasteiger partial charge in [-0.15, -0.1) is 24.0 Å². The van der Waals surface area contributed by atoms with Crippen LogP contribution in [-0.2, 0) is 0 Å². The molecule has 1 aromatic rings. The summed E-state index contributed by atoms with van der Waals surface area (Å²) in [6.07, 6.45) is 2.04. The van der Waals surface area contributed by atoms with E-state index in [2.05, 4.69) is 41.0 Å². The summed E-state index contributed by atoms with van der Waals surface area (Å²) in [6.45, 7) is 14.5. The summed E-state index contributed by atoms with van der Waals surface area (Å²) in [5.41, 5.74) is 1.21. The molecule has 1 aliphatic heterocycles. The lowest BCUT2D eigenvalue weighted by atomic mass is 10.0.